The molecule has 0 nitrogen and oxygen atoms in total. The number of rotatable bonds is 0. The van der Waals surface area contributed by atoms with Crippen molar-refractivity contribution in [3.63, 3.8) is 0 Å². The Hall–Kier alpha value is 5.10. The molecule has 0 spiro atoms. The van der Waals surface area contributed by atoms with Crippen molar-refractivity contribution in [1.29, 1.82) is 0 Å². The van der Waals surface area contributed by atoms with Crippen LogP contribution in [-0.2, 0) is 0 Å². The van der Waals surface area contributed by atoms with E-state index in [2.05, 4.69) is 0 Å². The summed E-state index contributed by atoms with van der Waals surface area (Å²) < 4.78 is 0. The Morgan fingerprint density at radius 2 is 0.286 bits per heavy atom. The zero-order valence-electron chi connectivity index (χ0n) is 0.333. The third-order valence-electron chi connectivity index (χ3n) is 0. The van der Waals surface area contributed by atoms with E-state index >= 15 is 0 Å². The molecule has 0 rings (SSSR count). The average molecular weight is 595 g/mol. The van der Waals surface area contributed by atoms with Gasteiger partial charge in [0.2, 0.25) is 0 Å². The van der Waals surface area contributed by atoms with Crippen molar-refractivity contribution in [1.82, 2.24) is 0 Å². The SMILES string of the molecule is [GaH3].[GaH3].[GaH3].[GaH3].[GaH3].[GaH3].[Tb]. The zero-order valence-corrected chi connectivity index (χ0v) is 2.47. The average Bonchev–Trinajstić information content (AvgIpc) is 0. The van der Waals surface area contributed by atoms with Crippen LogP contribution in [0.15, 0.2) is 0 Å². The van der Waals surface area contributed by atoms with Gasteiger partial charge in [-0.25, -0.2) is 0 Å². The maximum Gasteiger partial charge on any atom is 0 e. The molecule has 0 aliphatic heterocycles. The van der Waals surface area contributed by atoms with Crippen LogP contribution in [0.5, 0.6) is 0 Å². The third-order valence-corrected chi connectivity index (χ3v) is 0. The number of hydrogen-bond acceptors (Lipinski definition) is 0. The summed E-state index contributed by atoms with van der Waals surface area (Å²) in [6.45, 7) is 0. The summed E-state index contributed by atoms with van der Waals surface area (Å²) in [6.07, 6.45) is 0. The van der Waals surface area contributed by atoms with E-state index in [0.29, 0.717) is 0 Å². The van der Waals surface area contributed by atoms with Gasteiger partial charge in [-0.15, -0.1) is 0 Å². The van der Waals surface area contributed by atoms with Crippen LogP contribution in [0.25, 0.3) is 0 Å². The molecular weight excluding hydrogens is 577 g/mol. The van der Waals surface area contributed by atoms with Crippen LogP contribution in [0, 0.1) is 38.6 Å². The van der Waals surface area contributed by atoms with E-state index in [1.54, 1.807) is 0 Å². The summed E-state index contributed by atoms with van der Waals surface area (Å²) in [5.41, 5.74) is 0. The van der Waals surface area contributed by atoms with Crippen LogP contribution in [0.3, 0.4) is 0 Å². The van der Waals surface area contributed by atoms with Crippen molar-refractivity contribution < 1.29 is 38.6 Å². The first-order valence-corrected chi connectivity index (χ1v) is 0. The second-order valence-corrected chi connectivity index (χ2v) is 0. The topological polar surface area (TPSA) is 0 Å². The number of hydrogen-bond donors (Lipinski definition) is 0. The van der Waals surface area contributed by atoms with Crippen molar-refractivity contribution >= 4 is 119 Å². The minimum atomic E-state index is 0. The first kappa shape index (κ1) is 57.3. The zero-order chi connectivity index (χ0) is 0. The molecular formula is H18Ga6Tb. The van der Waals surface area contributed by atoms with Gasteiger partial charge in [-0.1, -0.05) is 0 Å². The van der Waals surface area contributed by atoms with Gasteiger partial charge in [0.1, 0.15) is 0 Å². The summed E-state index contributed by atoms with van der Waals surface area (Å²) in [6, 6.07) is 0. The van der Waals surface area contributed by atoms with Crippen LogP contribution in [0.1, 0.15) is 0 Å². The van der Waals surface area contributed by atoms with E-state index in [1.807, 2.05) is 0 Å². The summed E-state index contributed by atoms with van der Waals surface area (Å²) in [7, 11) is 0. The minimum Gasteiger partial charge on any atom is 0 e. The van der Waals surface area contributed by atoms with Gasteiger partial charge in [-0.05, 0) is 0 Å². The quantitative estimate of drug-likeness (QED) is 0.245. The maximum atomic E-state index is 0. The molecule has 0 fully saturated rings. The molecule has 0 heterocycles. The molecule has 0 N–H and O–H groups in total. The molecule has 0 saturated heterocycles. The Bertz CT molecular complexity index is 4.14. The van der Waals surface area contributed by atoms with E-state index in [1.165, 1.54) is 0 Å². The van der Waals surface area contributed by atoms with Crippen molar-refractivity contribution in [3.8, 4) is 0 Å². The van der Waals surface area contributed by atoms with Crippen LogP contribution < -0.4 is 0 Å². The molecule has 0 aliphatic carbocycles. The molecule has 0 saturated carbocycles. The first-order chi connectivity index (χ1) is 0. The molecule has 0 aliphatic rings. The van der Waals surface area contributed by atoms with Gasteiger partial charge in [0, 0.05) is 38.6 Å². The maximum absolute atomic E-state index is 0. The monoisotopic (exact) mass is 591 g/mol. The molecule has 7 heavy (non-hydrogen) atoms. The minimum absolute atomic E-state index is 0. The molecule has 1 radical (unpaired) electrons. The van der Waals surface area contributed by atoms with Gasteiger partial charge < -0.3 is 0 Å². The van der Waals surface area contributed by atoms with E-state index < -0.39 is 0 Å². The van der Waals surface area contributed by atoms with Crippen LogP contribution in [0.2, 0.25) is 0 Å². The fourth-order valence-electron chi connectivity index (χ4n) is 0. The van der Waals surface area contributed by atoms with Gasteiger partial charge in [-0.2, -0.15) is 0 Å². The molecule has 0 atom stereocenters. The van der Waals surface area contributed by atoms with Gasteiger partial charge >= 0.3 is 119 Å². The molecule has 7 heteroatoms. The summed E-state index contributed by atoms with van der Waals surface area (Å²) in [5.74, 6) is 0. The van der Waals surface area contributed by atoms with E-state index in [9.17, 15) is 0 Å². The third kappa shape index (κ3) is 35.3. The normalized spacial score (nSPS) is 0. The Morgan fingerprint density at radius 3 is 0.286 bits per heavy atom. The fraction of sp³-hybridized carbons (Fsp3) is 0. The summed E-state index contributed by atoms with van der Waals surface area (Å²) >= 11 is 0. The second kappa shape index (κ2) is 43.5. The Labute approximate surface area is 153 Å². The molecule has 45 valence electrons. The van der Waals surface area contributed by atoms with Gasteiger partial charge in [0.25, 0.3) is 0 Å². The molecule has 0 aromatic heterocycles. The van der Waals surface area contributed by atoms with Crippen LogP contribution >= 0.6 is 0 Å². The standard InChI is InChI=1S/6Ga.Tb.18H. The molecule has 0 aromatic carbocycles. The van der Waals surface area contributed by atoms with Crippen molar-refractivity contribution in [2.45, 2.75) is 0 Å². The largest absolute Gasteiger partial charge is 0 e. The van der Waals surface area contributed by atoms with Crippen molar-refractivity contribution in [3.05, 3.63) is 0 Å². The van der Waals surface area contributed by atoms with E-state index in [-0.39, 0.29) is 157 Å². The predicted octanol–water partition coefficient (Wildman–Crippen LogP) is -7.10. The molecule has 0 unspecified atom stereocenters. The van der Waals surface area contributed by atoms with Gasteiger partial charge in [0.05, 0.1) is 0 Å². The molecule has 0 bridgehead atoms. The molecule has 0 amide bonds. The van der Waals surface area contributed by atoms with Crippen molar-refractivity contribution in [2.75, 3.05) is 0 Å². The fourth-order valence-corrected chi connectivity index (χ4v) is 0. The Kier molecular flexibility index (Phi) is 356. The Balaban J connectivity index is 0. The Morgan fingerprint density at radius 1 is 0.286 bits per heavy atom. The summed E-state index contributed by atoms with van der Waals surface area (Å²) in [4.78, 5) is 0. The second-order valence-electron chi connectivity index (χ2n) is 0. The first-order valence-electron chi connectivity index (χ1n) is 0. The van der Waals surface area contributed by atoms with Crippen molar-refractivity contribution in [2.24, 2.45) is 0 Å². The van der Waals surface area contributed by atoms with Gasteiger partial charge in [0.15, 0.2) is 0 Å². The smallest absolute Gasteiger partial charge is 0 e. The molecule has 0 aromatic rings. The van der Waals surface area contributed by atoms with Gasteiger partial charge in [-0.3, -0.25) is 0 Å². The van der Waals surface area contributed by atoms with E-state index in [4.69, 9.17) is 0 Å². The predicted molar refractivity (Wildman–Crippen MR) is 59.6 cm³/mol. The summed E-state index contributed by atoms with van der Waals surface area (Å²) in [5, 5.41) is 0. The van der Waals surface area contributed by atoms with Crippen LogP contribution in [0.4, 0.5) is 0 Å². The van der Waals surface area contributed by atoms with Crippen LogP contribution in [-0.4, -0.2) is 119 Å². The van der Waals surface area contributed by atoms with E-state index in [0.717, 1.165) is 0 Å².